The normalized spacial score (nSPS) is 11.8. The van der Waals surface area contributed by atoms with Gasteiger partial charge < -0.3 is 5.43 Å². The second kappa shape index (κ2) is 3.60. The number of alkyl halides is 3. The van der Waals surface area contributed by atoms with Gasteiger partial charge in [0.1, 0.15) is 0 Å². The van der Waals surface area contributed by atoms with Gasteiger partial charge in [-0.25, -0.2) is 10.8 Å². The Morgan fingerprint density at radius 1 is 1.19 bits per heavy atom. The van der Waals surface area contributed by atoms with E-state index in [1.54, 1.807) is 0 Å². The Kier molecular flexibility index (Phi) is 2.39. The molecule has 0 unspecified atom stereocenters. The Balaban J connectivity index is 2.56. The van der Waals surface area contributed by atoms with Gasteiger partial charge in [0.05, 0.1) is 22.8 Å². The van der Waals surface area contributed by atoms with Crippen molar-refractivity contribution in [2.45, 2.75) is 6.18 Å². The highest BCUT2D eigenvalue weighted by Crippen LogP contribution is 2.30. The average molecular weight is 228 g/mol. The number of benzene rings is 1. The first-order valence-electron chi connectivity index (χ1n) is 4.31. The molecule has 0 amide bonds. The first-order chi connectivity index (χ1) is 7.50. The van der Waals surface area contributed by atoms with Crippen LogP contribution in [-0.4, -0.2) is 9.97 Å². The van der Waals surface area contributed by atoms with Crippen molar-refractivity contribution in [2.75, 3.05) is 5.43 Å². The van der Waals surface area contributed by atoms with Crippen LogP contribution in [0.1, 0.15) is 5.56 Å². The smallest absolute Gasteiger partial charge is 0.307 e. The van der Waals surface area contributed by atoms with Crippen molar-refractivity contribution >= 4 is 16.9 Å². The predicted molar refractivity (Wildman–Crippen MR) is 52.4 cm³/mol. The number of hydrogen-bond acceptors (Lipinski definition) is 4. The van der Waals surface area contributed by atoms with Crippen molar-refractivity contribution in [3.63, 3.8) is 0 Å². The summed E-state index contributed by atoms with van der Waals surface area (Å²) in [4.78, 5) is 7.77. The number of halogens is 3. The van der Waals surface area contributed by atoms with Gasteiger partial charge in [0, 0.05) is 0 Å². The lowest BCUT2D eigenvalue weighted by Gasteiger charge is -2.07. The summed E-state index contributed by atoms with van der Waals surface area (Å²) in [5.41, 5.74) is 2.05. The summed E-state index contributed by atoms with van der Waals surface area (Å²) >= 11 is 0. The van der Waals surface area contributed by atoms with Crippen molar-refractivity contribution in [3.05, 3.63) is 30.0 Å². The van der Waals surface area contributed by atoms with E-state index in [2.05, 4.69) is 15.4 Å². The van der Waals surface area contributed by atoms with Gasteiger partial charge in [0.15, 0.2) is 5.82 Å². The fourth-order valence-corrected chi connectivity index (χ4v) is 1.26. The molecule has 1 aromatic heterocycles. The number of nitrogens with one attached hydrogen (secondary N) is 1. The molecule has 2 aromatic rings. The lowest BCUT2D eigenvalue weighted by molar-refractivity contribution is -0.137. The molecule has 4 nitrogen and oxygen atoms in total. The Labute approximate surface area is 88.3 Å². The topological polar surface area (TPSA) is 63.8 Å². The van der Waals surface area contributed by atoms with Crippen LogP contribution < -0.4 is 11.3 Å². The SMILES string of the molecule is NNc1cnc2cc(C(F)(F)F)ccc2n1. The number of hydrazine groups is 1. The minimum Gasteiger partial charge on any atom is -0.307 e. The van der Waals surface area contributed by atoms with Gasteiger partial charge in [-0.3, -0.25) is 4.98 Å². The molecule has 1 aromatic carbocycles. The Morgan fingerprint density at radius 3 is 2.56 bits per heavy atom. The minimum atomic E-state index is -4.37. The second-order valence-electron chi connectivity index (χ2n) is 3.10. The molecule has 0 radical (unpaired) electrons. The first kappa shape index (κ1) is 10.6. The van der Waals surface area contributed by atoms with E-state index in [0.29, 0.717) is 11.3 Å². The lowest BCUT2D eigenvalue weighted by Crippen LogP contribution is -2.09. The highest BCUT2D eigenvalue weighted by atomic mass is 19.4. The summed E-state index contributed by atoms with van der Waals surface area (Å²) in [5.74, 6) is 5.41. The molecule has 3 N–H and O–H groups in total. The van der Waals surface area contributed by atoms with Crippen LogP contribution in [0.3, 0.4) is 0 Å². The summed E-state index contributed by atoms with van der Waals surface area (Å²) in [6.45, 7) is 0. The molecule has 84 valence electrons. The van der Waals surface area contributed by atoms with Crippen molar-refractivity contribution in [1.29, 1.82) is 0 Å². The molecule has 0 saturated carbocycles. The fourth-order valence-electron chi connectivity index (χ4n) is 1.26. The number of anilines is 1. The van der Waals surface area contributed by atoms with Gasteiger partial charge in [0.2, 0.25) is 0 Å². The molecule has 16 heavy (non-hydrogen) atoms. The fraction of sp³-hybridized carbons (Fsp3) is 0.111. The van der Waals surface area contributed by atoms with E-state index in [1.807, 2.05) is 0 Å². The van der Waals surface area contributed by atoms with Gasteiger partial charge >= 0.3 is 6.18 Å². The summed E-state index contributed by atoms with van der Waals surface area (Å²) < 4.78 is 37.1. The maximum absolute atomic E-state index is 12.4. The first-order valence-corrected chi connectivity index (χ1v) is 4.31. The van der Waals surface area contributed by atoms with Crippen LogP contribution in [0.15, 0.2) is 24.4 Å². The molecule has 0 aliphatic heterocycles. The van der Waals surface area contributed by atoms with Crippen LogP contribution in [-0.2, 0) is 6.18 Å². The van der Waals surface area contributed by atoms with Crippen molar-refractivity contribution in [1.82, 2.24) is 9.97 Å². The Hall–Kier alpha value is -1.89. The van der Waals surface area contributed by atoms with Crippen LogP contribution in [0, 0.1) is 0 Å². The van der Waals surface area contributed by atoms with Crippen LogP contribution in [0.5, 0.6) is 0 Å². The number of aromatic nitrogens is 2. The zero-order valence-corrected chi connectivity index (χ0v) is 7.92. The molecule has 7 heteroatoms. The Morgan fingerprint density at radius 2 is 1.94 bits per heavy atom. The van der Waals surface area contributed by atoms with Gasteiger partial charge in [0.25, 0.3) is 0 Å². The van der Waals surface area contributed by atoms with Crippen molar-refractivity contribution in [2.24, 2.45) is 5.84 Å². The molecule has 0 bridgehead atoms. The van der Waals surface area contributed by atoms with Crippen molar-refractivity contribution in [3.8, 4) is 0 Å². The maximum Gasteiger partial charge on any atom is 0.416 e. The minimum absolute atomic E-state index is 0.175. The molecule has 0 aliphatic rings. The molecule has 0 spiro atoms. The molecule has 0 fully saturated rings. The maximum atomic E-state index is 12.4. The largest absolute Gasteiger partial charge is 0.416 e. The van der Waals surface area contributed by atoms with Gasteiger partial charge in [-0.15, -0.1) is 0 Å². The number of rotatable bonds is 1. The third-order valence-electron chi connectivity index (χ3n) is 2.02. The number of nitrogens with zero attached hydrogens (tertiary/aromatic N) is 2. The lowest BCUT2D eigenvalue weighted by atomic mass is 10.2. The zero-order chi connectivity index (χ0) is 11.8. The highest BCUT2D eigenvalue weighted by molar-refractivity contribution is 5.76. The average Bonchev–Trinajstić information content (AvgIpc) is 2.26. The number of nitrogen functional groups attached to an aromatic ring is 1. The molecule has 1 heterocycles. The van der Waals surface area contributed by atoms with E-state index in [9.17, 15) is 13.2 Å². The quantitative estimate of drug-likeness (QED) is 0.578. The second-order valence-corrected chi connectivity index (χ2v) is 3.10. The zero-order valence-electron chi connectivity index (χ0n) is 7.92. The number of hydrogen-bond donors (Lipinski definition) is 2. The van der Waals surface area contributed by atoms with E-state index in [-0.39, 0.29) is 5.52 Å². The molecular weight excluding hydrogens is 221 g/mol. The molecule has 0 saturated heterocycles. The standard InChI is InChI=1S/C9H7F3N4/c10-9(11,12)5-1-2-6-7(3-5)14-4-8(15-6)16-13/h1-4H,13H2,(H,15,16). The van der Waals surface area contributed by atoms with Gasteiger partial charge in [-0.1, -0.05) is 0 Å². The van der Waals surface area contributed by atoms with Crippen LogP contribution in [0.25, 0.3) is 11.0 Å². The summed E-state index contributed by atoms with van der Waals surface area (Å²) in [6, 6.07) is 3.16. The van der Waals surface area contributed by atoms with E-state index >= 15 is 0 Å². The van der Waals surface area contributed by atoms with Crippen LogP contribution in [0.2, 0.25) is 0 Å². The molecule has 0 atom stereocenters. The highest BCUT2D eigenvalue weighted by Gasteiger charge is 2.30. The number of fused-ring (bicyclic) bond motifs is 1. The van der Waals surface area contributed by atoms with E-state index in [1.165, 1.54) is 12.3 Å². The predicted octanol–water partition coefficient (Wildman–Crippen LogP) is 1.93. The third kappa shape index (κ3) is 1.89. The van der Waals surface area contributed by atoms with Crippen LogP contribution >= 0.6 is 0 Å². The van der Waals surface area contributed by atoms with Gasteiger partial charge in [-0.05, 0) is 18.2 Å². The van der Waals surface area contributed by atoms with E-state index in [4.69, 9.17) is 5.84 Å². The van der Waals surface area contributed by atoms with Crippen LogP contribution in [0.4, 0.5) is 19.0 Å². The molecule has 2 rings (SSSR count). The summed E-state index contributed by atoms with van der Waals surface area (Å²) in [6.07, 6.45) is -3.11. The molecule has 0 aliphatic carbocycles. The summed E-state index contributed by atoms with van der Waals surface area (Å²) in [5, 5.41) is 0. The van der Waals surface area contributed by atoms with E-state index in [0.717, 1.165) is 12.1 Å². The van der Waals surface area contributed by atoms with Crippen molar-refractivity contribution < 1.29 is 13.2 Å². The molecular formula is C9H7F3N4. The van der Waals surface area contributed by atoms with Gasteiger partial charge in [-0.2, -0.15) is 13.2 Å². The number of nitrogens with two attached hydrogens (primary N) is 1. The third-order valence-corrected chi connectivity index (χ3v) is 2.02. The summed E-state index contributed by atoms with van der Waals surface area (Å²) in [7, 11) is 0. The van der Waals surface area contributed by atoms with E-state index < -0.39 is 11.7 Å². The monoisotopic (exact) mass is 228 g/mol. The Bertz CT molecular complexity index is 524.